The SMILES string of the molecule is CC1CCC(C(=O)OC2CCC(F)CC2)CC1.CCCCOC1CCC(C(=O)OC2CCC(F)CC2)CC1. The smallest absolute Gasteiger partial charge is 0.309 e. The summed E-state index contributed by atoms with van der Waals surface area (Å²) in [5.74, 6) is 0.790. The van der Waals surface area contributed by atoms with Gasteiger partial charge in [-0.05, 0) is 115 Å². The quantitative estimate of drug-likeness (QED) is 0.231. The highest BCUT2D eigenvalue weighted by molar-refractivity contribution is 5.73. The molecule has 0 bridgehead atoms. The number of esters is 2. The summed E-state index contributed by atoms with van der Waals surface area (Å²) in [6.45, 7) is 5.24. The molecule has 4 saturated carbocycles. The van der Waals surface area contributed by atoms with E-state index in [2.05, 4.69) is 13.8 Å². The average Bonchev–Trinajstić information content (AvgIpc) is 2.92. The highest BCUT2D eigenvalue weighted by atomic mass is 19.1. The van der Waals surface area contributed by atoms with E-state index < -0.39 is 12.3 Å². The Labute approximate surface area is 229 Å². The molecule has 0 aliphatic heterocycles. The van der Waals surface area contributed by atoms with E-state index >= 15 is 0 Å². The van der Waals surface area contributed by atoms with Gasteiger partial charge in [0.1, 0.15) is 24.6 Å². The lowest BCUT2D eigenvalue weighted by atomic mass is 9.83. The van der Waals surface area contributed by atoms with Gasteiger partial charge in [-0.3, -0.25) is 9.59 Å². The average molecular weight is 543 g/mol. The van der Waals surface area contributed by atoms with Gasteiger partial charge in [-0.2, -0.15) is 0 Å². The van der Waals surface area contributed by atoms with Crippen LogP contribution in [0.4, 0.5) is 8.78 Å². The molecular weight excluding hydrogens is 490 g/mol. The molecule has 7 heteroatoms. The molecule has 0 spiro atoms. The maximum atomic E-state index is 13.1. The van der Waals surface area contributed by atoms with E-state index in [1.54, 1.807) is 0 Å². The monoisotopic (exact) mass is 542 g/mol. The van der Waals surface area contributed by atoms with Crippen molar-refractivity contribution in [2.75, 3.05) is 6.61 Å². The van der Waals surface area contributed by atoms with E-state index in [1.165, 1.54) is 0 Å². The first-order valence-electron chi connectivity index (χ1n) is 15.6. The zero-order valence-electron chi connectivity index (χ0n) is 23.9. The second-order valence-corrected chi connectivity index (χ2v) is 12.3. The Morgan fingerprint density at radius 3 is 1.42 bits per heavy atom. The number of ether oxygens (including phenoxy) is 3. The number of alkyl halides is 2. The Balaban J connectivity index is 0.000000215. The van der Waals surface area contributed by atoms with Crippen LogP contribution in [0.25, 0.3) is 0 Å². The fraction of sp³-hybridized carbons (Fsp3) is 0.935. The second-order valence-electron chi connectivity index (χ2n) is 12.3. The summed E-state index contributed by atoms with van der Waals surface area (Å²) >= 11 is 0. The van der Waals surface area contributed by atoms with Crippen LogP contribution in [0.3, 0.4) is 0 Å². The van der Waals surface area contributed by atoms with Crippen molar-refractivity contribution in [2.45, 2.75) is 160 Å². The number of rotatable bonds is 8. The number of hydrogen-bond donors (Lipinski definition) is 0. The summed E-state index contributed by atoms with van der Waals surface area (Å²) in [4.78, 5) is 24.1. The summed E-state index contributed by atoms with van der Waals surface area (Å²) in [5, 5.41) is 0. The minimum absolute atomic E-state index is 0.0196. The number of carbonyl (C=O) groups excluding carboxylic acids is 2. The first kappa shape index (κ1) is 31.3. The van der Waals surface area contributed by atoms with Crippen LogP contribution in [-0.4, -0.2) is 49.2 Å². The van der Waals surface area contributed by atoms with Gasteiger partial charge in [0.15, 0.2) is 0 Å². The van der Waals surface area contributed by atoms with E-state index in [0.717, 1.165) is 76.7 Å². The molecule has 0 unspecified atom stereocenters. The molecule has 4 rings (SSSR count). The molecule has 0 aromatic heterocycles. The molecule has 220 valence electrons. The van der Waals surface area contributed by atoms with Crippen molar-refractivity contribution in [3.63, 3.8) is 0 Å². The van der Waals surface area contributed by atoms with Crippen LogP contribution in [0.1, 0.15) is 129 Å². The zero-order valence-corrected chi connectivity index (χ0v) is 23.9. The molecule has 0 N–H and O–H groups in total. The van der Waals surface area contributed by atoms with Crippen molar-refractivity contribution in [3.8, 4) is 0 Å². The molecule has 0 heterocycles. The molecule has 0 aromatic rings. The number of unbranched alkanes of at least 4 members (excludes halogenated alkanes) is 1. The van der Waals surface area contributed by atoms with Gasteiger partial charge in [0.25, 0.3) is 0 Å². The number of carbonyl (C=O) groups is 2. The molecule has 0 atom stereocenters. The van der Waals surface area contributed by atoms with Crippen LogP contribution in [0, 0.1) is 17.8 Å². The lowest BCUT2D eigenvalue weighted by molar-refractivity contribution is -0.158. The van der Waals surface area contributed by atoms with Gasteiger partial charge >= 0.3 is 11.9 Å². The summed E-state index contributed by atoms with van der Waals surface area (Å²) in [6, 6.07) is 0. The predicted octanol–water partition coefficient (Wildman–Crippen LogP) is 7.82. The minimum Gasteiger partial charge on any atom is -0.462 e. The number of halogens is 2. The van der Waals surface area contributed by atoms with Crippen molar-refractivity contribution < 1.29 is 32.6 Å². The topological polar surface area (TPSA) is 61.8 Å². The third-order valence-electron chi connectivity index (χ3n) is 8.98. The molecule has 0 amide bonds. The first-order valence-corrected chi connectivity index (χ1v) is 15.6. The maximum absolute atomic E-state index is 13.1. The lowest BCUT2D eigenvalue weighted by Gasteiger charge is -2.30. The van der Waals surface area contributed by atoms with Crippen molar-refractivity contribution in [2.24, 2.45) is 17.8 Å². The van der Waals surface area contributed by atoms with Gasteiger partial charge in [0.2, 0.25) is 0 Å². The fourth-order valence-corrected chi connectivity index (χ4v) is 6.16. The van der Waals surface area contributed by atoms with Crippen molar-refractivity contribution in [1.82, 2.24) is 0 Å². The van der Waals surface area contributed by atoms with E-state index in [4.69, 9.17) is 14.2 Å². The van der Waals surface area contributed by atoms with Gasteiger partial charge < -0.3 is 14.2 Å². The van der Waals surface area contributed by atoms with Gasteiger partial charge in [0.05, 0.1) is 17.9 Å². The molecule has 4 aliphatic rings. The third kappa shape index (κ3) is 11.1. The minimum atomic E-state index is -0.698. The molecule has 0 aromatic carbocycles. The van der Waals surface area contributed by atoms with Crippen molar-refractivity contribution >= 4 is 11.9 Å². The Hall–Kier alpha value is -1.24. The van der Waals surface area contributed by atoms with Crippen molar-refractivity contribution in [3.05, 3.63) is 0 Å². The zero-order chi connectivity index (χ0) is 27.3. The van der Waals surface area contributed by atoms with Crippen LogP contribution in [0.2, 0.25) is 0 Å². The summed E-state index contributed by atoms with van der Waals surface area (Å²) in [6.07, 6.45) is 14.0. The third-order valence-corrected chi connectivity index (χ3v) is 8.98. The molecule has 4 fully saturated rings. The molecule has 0 saturated heterocycles. The molecule has 0 radical (unpaired) electrons. The Morgan fingerprint density at radius 1 is 0.605 bits per heavy atom. The molecule has 5 nitrogen and oxygen atoms in total. The summed E-state index contributed by atoms with van der Waals surface area (Å²) in [7, 11) is 0. The van der Waals surface area contributed by atoms with Gasteiger partial charge in [0, 0.05) is 6.61 Å². The summed E-state index contributed by atoms with van der Waals surface area (Å²) in [5.41, 5.74) is 0. The Bertz CT molecular complexity index is 672. The predicted molar refractivity (Wildman–Crippen MR) is 144 cm³/mol. The number of hydrogen-bond acceptors (Lipinski definition) is 5. The molecular formula is C31H52F2O5. The van der Waals surface area contributed by atoms with Gasteiger partial charge in [-0.1, -0.05) is 20.3 Å². The lowest BCUT2D eigenvalue weighted by Crippen LogP contribution is -2.32. The van der Waals surface area contributed by atoms with E-state index in [0.29, 0.717) is 57.5 Å². The van der Waals surface area contributed by atoms with E-state index in [9.17, 15) is 18.4 Å². The largest absolute Gasteiger partial charge is 0.462 e. The Morgan fingerprint density at radius 2 is 1.00 bits per heavy atom. The van der Waals surface area contributed by atoms with Crippen LogP contribution >= 0.6 is 0 Å². The van der Waals surface area contributed by atoms with E-state index in [1.807, 2.05) is 0 Å². The van der Waals surface area contributed by atoms with Crippen molar-refractivity contribution in [1.29, 1.82) is 0 Å². The standard InChI is InChI=1S/C17H29FO3.C14H23FO2/c1-2-3-12-20-15-8-4-13(5-9-15)17(19)21-16-10-6-14(18)7-11-16;1-10-2-4-11(5-3-10)14(16)17-13-8-6-12(15)7-9-13/h13-16H,2-12H2,1H3;10-13H,2-9H2,1H3. The van der Waals surface area contributed by atoms with Gasteiger partial charge in [-0.15, -0.1) is 0 Å². The highest BCUT2D eigenvalue weighted by Gasteiger charge is 2.31. The first-order chi connectivity index (χ1) is 18.3. The highest BCUT2D eigenvalue weighted by Crippen LogP contribution is 2.32. The van der Waals surface area contributed by atoms with Crippen LogP contribution in [0.15, 0.2) is 0 Å². The molecule has 38 heavy (non-hydrogen) atoms. The second kappa shape index (κ2) is 16.8. The van der Waals surface area contributed by atoms with Crippen LogP contribution in [0.5, 0.6) is 0 Å². The fourth-order valence-electron chi connectivity index (χ4n) is 6.16. The Kier molecular flexibility index (Phi) is 13.8. The normalized spacial score (nSPS) is 35.9. The van der Waals surface area contributed by atoms with E-state index in [-0.39, 0.29) is 36.0 Å². The van der Waals surface area contributed by atoms with Gasteiger partial charge in [-0.25, -0.2) is 8.78 Å². The van der Waals surface area contributed by atoms with Crippen LogP contribution < -0.4 is 0 Å². The maximum Gasteiger partial charge on any atom is 0.309 e. The molecule has 4 aliphatic carbocycles. The summed E-state index contributed by atoms with van der Waals surface area (Å²) < 4.78 is 42.9. The van der Waals surface area contributed by atoms with Crippen LogP contribution in [-0.2, 0) is 23.8 Å².